The third-order valence-corrected chi connectivity index (χ3v) is 8.08. The predicted molar refractivity (Wildman–Crippen MR) is 159 cm³/mol. The molecule has 11 heteroatoms. The van der Waals surface area contributed by atoms with E-state index >= 15 is 0 Å². The van der Waals surface area contributed by atoms with Crippen molar-refractivity contribution in [2.45, 2.75) is 77.7 Å². The van der Waals surface area contributed by atoms with E-state index < -0.39 is 41.3 Å². The van der Waals surface area contributed by atoms with Crippen LogP contribution in [0.15, 0.2) is 54.6 Å². The molecule has 0 amide bonds. The van der Waals surface area contributed by atoms with Crippen molar-refractivity contribution in [2.24, 2.45) is 0 Å². The first-order valence-corrected chi connectivity index (χ1v) is 15.0. The number of ether oxygens (including phenoxy) is 3. The number of esters is 1. The van der Waals surface area contributed by atoms with Crippen LogP contribution >= 0.6 is 0 Å². The van der Waals surface area contributed by atoms with Gasteiger partial charge in [-0.3, -0.25) is 4.90 Å². The number of rotatable bonds is 8. The minimum Gasteiger partial charge on any atom is -0.489 e. The van der Waals surface area contributed by atoms with Crippen LogP contribution in [0.3, 0.4) is 0 Å². The number of hydrogen-bond donors (Lipinski definition) is 0. The van der Waals surface area contributed by atoms with Crippen LogP contribution in [0.5, 0.6) is 5.75 Å². The summed E-state index contributed by atoms with van der Waals surface area (Å²) in [6.45, 7) is 8.19. The van der Waals surface area contributed by atoms with Gasteiger partial charge in [-0.25, -0.2) is 14.2 Å². The van der Waals surface area contributed by atoms with Gasteiger partial charge in [0.2, 0.25) is 0 Å². The molecule has 1 aromatic heterocycles. The molecule has 2 aliphatic heterocycles. The summed E-state index contributed by atoms with van der Waals surface area (Å²) >= 11 is 0. The number of fused-ring (bicyclic) bond motifs is 2. The average Bonchev–Trinajstić information content (AvgIpc) is 3.28. The van der Waals surface area contributed by atoms with Crippen LogP contribution < -0.4 is 4.74 Å². The smallest absolute Gasteiger partial charge is 0.416 e. The quantitative estimate of drug-likeness (QED) is 0.154. The zero-order chi connectivity index (χ0) is 31.9. The molecule has 0 N–H and O–H groups in total. The molecule has 4 aromatic rings. The van der Waals surface area contributed by atoms with Crippen LogP contribution in [0.2, 0.25) is 0 Å². The Hall–Kier alpha value is -3.96. The Bertz CT molecular complexity index is 1720. The van der Waals surface area contributed by atoms with Crippen molar-refractivity contribution >= 4 is 17.0 Å². The topological polar surface area (TPSA) is 65.8 Å². The van der Waals surface area contributed by atoms with Gasteiger partial charge in [0.05, 0.1) is 41.4 Å². The summed E-state index contributed by atoms with van der Waals surface area (Å²) in [5.74, 6) is -0.135. The van der Waals surface area contributed by atoms with Gasteiger partial charge in [0.15, 0.2) is 0 Å². The van der Waals surface area contributed by atoms with Crippen LogP contribution in [0.4, 0.5) is 17.6 Å². The third-order valence-electron chi connectivity index (χ3n) is 8.08. The molecule has 1 atom stereocenters. The van der Waals surface area contributed by atoms with Crippen molar-refractivity contribution in [3.63, 3.8) is 0 Å². The van der Waals surface area contributed by atoms with Gasteiger partial charge in [-0.15, -0.1) is 0 Å². The Morgan fingerprint density at radius 3 is 2.58 bits per heavy atom. The Labute approximate surface area is 258 Å². The molecular formula is C34H35F4N3O4. The van der Waals surface area contributed by atoms with Gasteiger partial charge in [0.25, 0.3) is 0 Å². The van der Waals surface area contributed by atoms with Crippen molar-refractivity contribution in [1.82, 2.24) is 14.5 Å². The molecule has 3 aromatic carbocycles. The van der Waals surface area contributed by atoms with Gasteiger partial charge in [0, 0.05) is 25.3 Å². The molecule has 3 heterocycles. The van der Waals surface area contributed by atoms with Gasteiger partial charge in [0.1, 0.15) is 29.6 Å². The van der Waals surface area contributed by atoms with E-state index in [0.717, 1.165) is 72.2 Å². The van der Waals surface area contributed by atoms with E-state index in [2.05, 4.69) is 9.47 Å². The number of benzene rings is 3. The second-order valence-corrected chi connectivity index (χ2v) is 12.6. The van der Waals surface area contributed by atoms with Crippen LogP contribution in [-0.2, 0) is 48.3 Å². The summed E-state index contributed by atoms with van der Waals surface area (Å²) in [7, 11) is 0. The van der Waals surface area contributed by atoms with E-state index in [1.807, 2.05) is 45.0 Å². The molecule has 45 heavy (non-hydrogen) atoms. The molecule has 1 saturated heterocycles. The lowest BCUT2D eigenvalue weighted by atomic mass is 9.99. The third kappa shape index (κ3) is 6.99. The number of alkyl halides is 3. The first-order chi connectivity index (χ1) is 21.3. The highest BCUT2D eigenvalue weighted by Gasteiger charge is 2.34. The molecule has 6 rings (SSSR count). The van der Waals surface area contributed by atoms with Crippen LogP contribution in [0.1, 0.15) is 65.6 Å². The fourth-order valence-electron chi connectivity index (χ4n) is 5.74. The highest BCUT2D eigenvalue weighted by molar-refractivity contribution is 5.94. The Balaban J connectivity index is 1.21. The average molecular weight is 626 g/mol. The number of aromatic nitrogens is 2. The molecule has 0 spiro atoms. The van der Waals surface area contributed by atoms with Gasteiger partial charge < -0.3 is 18.8 Å². The zero-order valence-corrected chi connectivity index (χ0v) is 25.4. The maximum absolute atomic E-state index is 14.3. The predicted octanol–water partition coefficient (Wildman–Crippen LogP) is 7.08. The minimum atomic E-state index is -4.68. The summed E-state index contributed by atoms with van der Waals surface area (Å²) in [4.78, 5) is 20.0. The number of halogens is 4. The van der Waals surface area contributed by atoms with Crippen LogP contribution in [0.25, 0.3) is 11.0 Å². The summed E-state index contributed by atoms with van der Waals surface area (Å²) in [6.07, 6.45) is -2.89. The lowest BCUT2D eigenvalue weighted by Gasteiger charge is -2.30. The number of hydrogen-bond acceptors (Lipinski definition) is 6. The van der Waals surface area contributed by atoms with Crippen molar-refractivity contribution in [3.8, 4) is 5.75 Å². The van der Waals surface area contributed by atoms with E-state index in [1.165, 1.54) is 0 Å². The first kappa shape index (κ1) is 31.0. The van der Waals surface area contributed by atoms with E-state index in [0.29, 0.717) is 30.9 Å². The maximum Gasteiger partial charge on any atom is 0.416 e. The maximum atomic E-state index is 14.3. The van der Waals surface area contributed by atoms with Crippen molar-refractivity contribution < 1.29 is 36.6 Å². The SMILES string of the molecule is CC(C)(C)OC(=O)c1ccc2nc(CN3CCc4ccc(OCc5c(F)cccc5C(F)(F)F)cc4C3)n(C[C@@H]3CCO3)c2c1. The van der Waals surface area contributed by atoms with E-state index in [1.54, 1.807) is 12.1 Å². The van der Waals surface area contributed by atoms with Crippen molar-refractivity contribution in [2.75, 3.05) is 13.2 Å². The molecule has 0 bridgehead atoms. The number of carbonyl (C=O) groups excluding carboxylic acids is 1. The summed E-state index contributed by atoms with van der Waals surface area (Å²) in [5.41, 5.74) is 2.00. The number of carbonyl (C=O) groups is 1. The monoisotopic (exact) mass is 625 g/mol. The van der Waals surface area contributed by atoms with E-state index in [-0.39, 0.29) is 6.10 Å². The molecule has 0 aliphatic carbocycles. The molecule has 0 radical (unpaired) electrons. The highest BCUT2D eigenvalue weighted by atomic mass is 19.4. The molecule has 7 nitrogen and oxygen atoms in total. The van der Waals surface area contributed by atoms with Gasteiger partial charge in [-0.2, -0.15) is 13.2 Å². The largest absolute Gasteiger partial charge is 0.489 e. The fraction of sp³-hybridized carbons (Fsp3) is 0.412. The number of nitrogens with zero attached hydrogens (tertiary/aromatic N) is 3. The fourth-order valence-corrected chi connectivity index (χ4v) is 5.74. The Morgan fingerprint density at radius 1 is 1.07 bits per heavy atom. The van der Waals surface area contributed by atoms with E-state index in [4.69, 9.17) is 19.2 Å². The molecular weight excluding hydrogens is 590 g/mol. The molecule has 238 valence electrons. The number of imidazole rings is 1. The lowest BCUT2D eigenvalue weighted by molar-refractivity contribution is -0.138. The second-order valence-electron chi connectivity index (χ2n) is 12.6. The summed E-state index contributed by atoms with van der Waals surface area (Å²) in [5, 5.41) is 0. The first-order valence-electron chi connectivity index (χ1n) is 15.0. The van der Waals surface area contributed by atoms with Gasteiger partial charge >= 0.3 is 12.1 Å². The standard InChI is InChI=1S/C34H35F4N3O4/c1-33(2,3)45-32(42)22-8-10-29-30(16-22)41(18-25-12-14-43-25)31(39-29)19-40-13-11-21-7-9-24(15-23(21)17-40)44-20-26-27(34(36,37)38)5-4-6-28(26)35/h4-10,15-16,25H,11-14,17-20H2,1-3H3/t25-/m0/s1. The van der Waals surface area contributed by atoms with Crippen molar-refractivity contribution in [3.05, 3.63) is 94.1 Å². The lowest BCUT2D eigenvalue weighted by Crippen LogP contribution is -2.34. The Kier molecular flexibility index (Phi) is 8.34. The van der Waals surface area contributed by atoms with Crippen LogP contribution in [0, 0.1) is 5.82 Å². The van der Waals surface area contributed by atoms with Crippen molar-refractivity contribution in [1.29, 1.82) is 0 Å². The van der Waals surface area contributed by atoms with Gasteiger partial charge in [-0.1, -0.05) is 12.1 Å². The second kappa shape index (κ2) is 12.1. The molecule has 0 unspecified atom stereocenters. The molecule has 2 aliphatic rings. The summed E-state index contributed by atoms with van der Waals surface area (Å²) in [6, 6.07) is 13.7. The molecule has 0 saturated carbocycles. The van der Waals surface area contributed by atoms with E-state index in [9.17, 15) is 22.4 Å². The summed E-state index contributed by atoms with van der Waals surface area (Å²) < 4.78 is 73.8. The van der Waals surface area contributed by atoms with Crippen LogP contribution in [-0.4, -0.2) is 45.3 Å². The zero-order valence-electron chi connectivity index (χ0n) is 25.4. The minimum absolute atomic E-state index is 0.0698. The highest BCUT2D eigenvalue weighted by Crippen LogP contribution is 2.34. The normalized spacial score (nSPS) is 17.2. The molecule has 1 fully saturated rings. The van der Waals surface area contributed by atoms with Gasteiger partial charge in [-0.05, 0) is 87.2 Å². The Morgan fingerprint density at radius 2 is 1.87 bits per heavy atom.